The molecule has 0 unspecified atom stereocenters. The first kappa shape index (κ1) is 13.4. The summed E-state index contributed by atoms with van der Waals surface area (Å²) in [4.78, 5) is 30.6. The second kappa shape index (κ2) is 5.79. The molecule has 0 bridgehead atoms. The second-order valence-corrected chi connectivity index (χ2v) is 5.70. The van der Waals surface area contributed by atoms with Crippen LogP contribution in [0.3, 0.4) is 0 Å². The fraction of sp³-hybridized carbons (Fsp3) is 0.600. The van der Waals surface area contributed by atoms with Crippen molar-refractivity contribution < 1.29 is 4.79 Å². The Morgan fingerprint density at radius 3 is 2.45 bits per heavy atom. The van der Waals surface area contributed by atoms with E-state index < -0.39 is 0 Å². The molecule has 1 N–H and O–H groups in total. The molecule has 108 valence electrons. The van der Waals surface area contributed by atoms with Crippen LogP contribution in [0.5, 0.6) is 0 Å². The van der Waals surface area contributed by atoms with Crippen LogP contribution in [0, 0.1) is 0 Å². The molecule has 5 heteroatoms. The Morgan fingerprint density at radius 2 is 1.80 bits per heavy atom. The minimum Gasteiger partial charge on any atom is -0.335 e. The van der Waals surface area contributed by atoms with Crippen molar-refractivity contribution in [2.75, 3.05) is 26.2 Å². The summed E-state index contributed by atoms with van der Waals surface area (Å²) in [7, 11) is 0. The molecule has 2 aliphatic rings. The molecule has 0 spiro atoms. The third kappa shape index (κ3) is 2.77. The first-order valence-corrected chi connectivity index (χ1v) is 7.47. The lowest BCUT2D eigenvalue weighted by Gasteiger charge is -2.38. The van der Waals surface area contributed by atoms with Crippen LogP contribution in [0.4, 0.5) is 0 Å². The summed E-state index contributed by atoms with van der Waals surface area (Å²) in [6.45, 7) is 3.42. The zero-order valence-corrected chi connectivity index (χ0v) is 11.7. The highest BCUT2D eigenvalue weighted by Gasteiger charge is 2.28. The minimum atomic E-state index is -0.222. The van der Waals surface area contributed by atoms with Gasteiger partial charge in [-0.25, -0.2) is 0 Å². The van der Waals surface area contributed by atoms with E-state index in [9.17, 15) is 9.59 Å². The van der Waals surface area contributed by atoms with Crippen LogP contribution in [0.1, 0.15) is 36.2 Å². The topological polar surface area (TPSA) is 56.4 Å². The Labute approximate surface area is 118 Å². The van der Waals surface area contributed by atoms with Crippen molar-refractivity contribution in [2.45, 2.75) is 31.7 Å². The van der Waals surface area contributed by atoms with E-state index in [4.69, 9.17) is 0 Å². The fourth-order valence-corrected chi connectivity index (χ4v) is 3.30. The first-order valence-electron chi connectivity index (χ1n) is 7.47. The Bertz CT molecular complexity index is 526. The summed E-state index contributed by atoms with van der Waals surface area (Å²) in [5, 5.41) is 0. The van der Waals surface area contributed by atoms with Gasteiger partial charge in [-0.1, -0.05) is 18.9 Å². The average Bonchev–Trinajstić information content (AvgIpc) is 3.01. The predicted molar refractivity (Wildman–Crippen MR) is 76.8 cm³/mol. The molecule has 0 radical (unpaired) electrons. The van der Waals surface area contributed by atoms with Gasteiger partial charge in [0.2, 0.25) is 5.56 Å². The van der Waals surface area contributed by atoms with Gasteiger partial charge in [0.15, 0.2) is 0 Å². The van der Waals surface area contributed by atoms with Crippen LogP contribution in [0.15, 0.2) is 23.0 Å². The summed E-state index contributed by atoms with van der Waals surface area (Å²) in [5.74, 6) is -0.0613. The van der Waals surface area contributed by atoms with Crippen LogP contribution in [0.2, 0.25) is 0 Å². The Hall–Kier alpha value is -1.62. The number of carbonyl (C=O) groups excluding carboxylic acids is 1. The van der Waals surface area contributed by atoms with Gasteiger partial charge in [0, 0.05) is 38.3 Å². The lowest BCUT2D eigenvalue weighted by atomic mass is 10.1. The minimum absolute atomic E-state index is 0.0613. The molecule has 2 heterocycles. The molecule has 0 atom stereocenters. The smallest absolute Gasteiger partial charge is 0.270 e. The van der Waals surface area contributed by atoms with Crippen molar-refractivity contribution in [2.24, 2.45) is 0 Å². The van der Waals surface area contributed by atoms with Gasteiger partial charge < -0.3 is 9.88 Å². The number of hydrogen-bond donors (Lipinski definition) is 1. The maximum Gasteiger partial charge on any atom is 0.270 e. The van der Waals surface area contributed by atoms with Crippen molar-refractivity contribution in [1.29, 1.82) is 0 Å². The molecule has 1 aromatic heterocycles. The molecule has 1 saturated heterocycles. The number of hydrogen-bond acceptors (Lipinski definition) is 3. The summed E-state index contributed by atoms with van der Waals surface area (Å²) in [5.41, 5.74) is 0.173. The quantitative estimate of drug-likeness (QED) is 0.878. The number of piperazine rings is 1. The van der Waals surface area contributed by atoms with Gasteiger partial charge in [-0.05, 0) is 18.9 Å². The molecule has 1 saturated carbocycles. The van der Waals surface area contributed by atoms with Crippen molar-refractivity contribution >= 4 is 5.91 Å². The molecular formula is C15H21N3O2. The number of rotatable bonds is 2. The largest absolute Gasteiger partial charge is 0.335 e. The van der Waals surface area contributed by atoms with Gasteiger partial charge in [-0.3, -0.25) is 14.5 Å². The normalized spacial score (nSPS) is 21.3. The molecule has 5 nitrogen and oxygen atoms in total. The number of H-pyrrole nitrogens is 1. The van der Waals surface area contributed by atoms with Crippen molar-refractivity contribution in [3.05, 3.63) is 34.2 Å². The average molecular weight is 275 g/mol. The van der Waals surface area contributed by atoms with Gasteiger partial charge in [0.05, 0.1) is 0 Å². The first-order chi connectivity index (χ1) is 9.74. The number of aromatic amines is 1. The van der Waals surface area contributed by atoms with E-state index in [0.29, 0.717) is 5.69 Å². The molecule has 0 aromatic carbocycles. The van der Waals surface area contributed by atoms with E-state index in [1.807, 2.05) is 4.90 Å². The standard InChI is InChI=1S/C15H21N3O2/c19-14-7-3-6-13(16-14)15(20)18-10-8-17(9-11-18)12-4-1-2-5-12/h3,6-7,12H,1-2,4-5,8-11H2,(H,16,19). The number of pyridine rings is 1. The molecular weight excluding hydrogens is 254 g/mol. The monoisotopic (exact) mass is 275 g/mol. The third-order valence-electron chi connectivity index (χ3n) is 4.44. The zero-order chi connectivity index (χ0) is 13.9. The molecule has 1 aliphatic carbocycles. The molecule has 20 heavy (non-hydrogen) atoms. The van der Waals surface area contributed by atoms with E-state index in [0.717, 1.165) is 32.2 Å². The van der Waals surface area contributed by atoms with E-state index >= 15 is 0 Å². The number of aromatic nitrogens is 1. The highest BCUT2D eigenvalue weighted by atomic mass is 16.2. The van der Waals surface area contributed by atoms with Crippen LogP contribution >= 0.6 is 0 Å². The molecule has 1 aromatic rings. The highest BCUT2D eigenvalue weighted by molar-refractivity contribution is 5.92. The van der Waals surface area contributed by atoms with Crippen molar-refractivity contribution in [3.63, 3.8) is 0 Å². The Kier molecular flexibility index (Phi) is 3.87. The predicted octanol–water partition coefficient (Wildman–Crippen LogP) is 1.08. The van der Waals surface area contributed by atoms with Crippen LogP contribution < -0.4 is 5.56 Å². The molecule has 3 rings (SSSR count). The maximum atomic E-state index is 12.3. The number of amides is 1. The summed E-state index contributed by atoms with van der Waals surface area (Å²) in [6, 6.07) is 5.45. The maximum absolute atomic E-state index is 12.3. The highest BCUT2D eigenvalue weighted by Crippen LogP contribution is 2.24. The SMILES string of the molecule is O=C(c1cccc(=O)[nH]1)N1CCN(C2CCCC2)CC1. The summed E-state index contributed by atoms with van der Waals surface area (Å²) in [6.07, 6.45) is 5.30. The zero-order valence-electron chi connectivity index (χ0n) is 11.7. The van der Waals surface area contributed by atoms with E-state index in [2.05, 4.69) is 9.88 Å². The van der Waals surface area contributed by atoms with Gasteiger partial charge >= 0.3 is 0 Å². The third-order valence-corrected chi connectivity index (χ3v) is 4.44. The van der Waals surface area contributed by atoms with Crippen LogP contribution in [0.25, 0.3) is 0 Å². The Morgan fingerprint density at radius 1 is 1.10 bits per heavy atom. The Balaban J connectivity index is 1.60. The van der Waals surface area contributed by atoms with E-state index in [-0.39, 0.29) is 11.5 Å². The van der Waals surface area contributed by atoms with Crippen molar-refractivity contribution in [1.82, 2.24) is 14.8 Å². The molecule has 1 aliphatic heterocycles. The van der Waals surface area contributed by atoms with E-state index in [1.54, 1.807) is 12.1 Å². The van der Waals surface area contributed by atoms with Gasteiger partial charge in [0.1, 0.15) is 5.69 Å². The number of nitrogens with zero attached hydrogens (tertiary/aromatic N) is 2. The fourth-order valence-electron chi connectivity index (χ4n) is 3.30. The van der Waals surface area contributed by atoms with Crippen LogP contribution in [-0.4, -0.2) is 52.9 Å². The van der Waals surface area contributed by atoms with Gasteiger partial charge in [-0.2, -0.15) is 0 Å². The number of nitrogens with one attached hydrogen (secondary N) is 1. The molecule has 2 fully saturated rings. The summed E-state index contributed by atoms with van der Waals surface area (Å²) < 4.78 is 0. The second-order valence-electron chi connectivity index (χ2n) is 5.70. The van der Waals surface area contributed by atoms with Crippen molar-refractivity contribution in [3.8, 4) is 0 Å². The van der Waals surface area contributed by atoms with E-state index in [1.165, 1.54) is 31.7 Å². The lowest BCUT2D eigenvalue weighted by Crippen LogP contribution is -2.51. The van der Waals surface area contributed by atoms with Gasteiger partial charge in [-0.15, -0.1) is 0 Å². The number of carbonyl (C=O) groups is 1. The molecule has 1 amide bonds. The lowest BCUT2D eigenvalue weighted by molar-refractivity contribution is 0.0568. The summed E-state index contributed by atoms with van der Waals surface area (Å²) >= 11 is 0. The van der Waals surface area contributed by atoms with Gasteiger partial charge in [0.25, 0.3) is 5.91 Å². The van der Waals surface area contributed by atoms with Crippen LogP contribution in [-0.2, 0) is 0 Å².